The minimum Gasteiger partial charge on any atom is -0.486 e. The van der Waals surface area contributed by atoms with Gasteiger partial charge in [-0.1, -0.05) is 36.9 Å². The molecule has 166 valence electrons. The highest BCUT2D eigenvalue weighted by Crippen LogP contribution is 2.46. The highest BCUT2D eigenvalue weighted by molar-refractivity contribution is 5.65. The van der Waals surface area contributed by atoms with Crippen LogP contribution in [0.25, 0.3) is 11.1 Å². The first-order valence-electron chi connectivity index (χ1n) is 11.5. The number of halogens is 2. The van der Waals surface area contributed by atoms with Crippen LogP contribution in [-0.2, 0) is 4.74 Å². The maximum Gasteiger partial charge on any atom is 0.201 e. The monoisotopic (exact) mass is 426 g/mol. The highest BCUT2D eigenvalue weighted by atomic mass is 19.2. The molecule has 4 rings (SSSR count). The van der Waals surface area contributed by atoms with Gasteiger partial charge in [-0.2, -0.15) is 4.39 Å². The highest BCUT2D eigenvalue weighted by Gasteiger charge is 2.36. The molecule has 0 aromatic heterocycles. The maximum absolute atomic E-state index is 14.6. The van der Waals surface area contributed by atoms with E-state index in [2.05, 4.69) is 25.6 Å². The average molecular weight is 427 g/mol. The van der Waals surface area contributed by atoms with Crippen LogP contribution in [0.2, 0.25) is 0 Å². The third-order valence-electron chi connectivity index (χ3n) is 7.06. The molecule has 0 spiro atoms. The fraction of sp³-hybridized carbons (Fsp3) is 0.481. The number of hydrogen-bond donors (Lipinski definition) is 0. The van der Waals surface area contributed by atoms with Crippen LogP contribution in [0.5, 0.6) is 5.75 Å². The minimum absolute atomic E-state index is 0.0893. The molecule has 0 radical (unpaired) electrons. The van der Waals surface area contributed by atoms with Gasteiger partial charge in [0.05, 0.1) is 6.10 Å². The van der Waals surface area contributed by atoms with Crippen molar-refractivity contribution < 1.29 is 18.3 Å². The molecule has 4 unspecified atom stereocenters. The number of benzene rings is 2. The molecule has 0 saturated heterocycles. The lowest BCUT2D eigenvalue weighted by Gasteiger charge is -2.42. The molecule has 2 aromatic carbocycles. The largest absolute Gasteiger partial charge is 0.486 e. The van der Waals surface area contributed by atoms with Gasteiger partial charge in [0.15, 0.2) is 11.6 Å². The molecule has 0 heterocycles. The molecule has 2 aliphatic rings. The number of hydrogen-bond acceptors (Lipinski definition) is 2. The Morgan fingerprint density at radius 1 is 0.935 bits per heavy atom. The fourth-order valence-electron chi connectivity index (χ4n) is 5.49. The van der Waals surface area contributed by atoms with Gasteiger partial charge >= 0.3 is 0 Å². The van der Waals surface area contributed by atoms with Crippen molar-refractivity contribution >= 4 is 0 Å². The van der Waals surface area contributed by atoms with E-state index in [1.54, 1.807) is 6.07 Å². The summed E-state index contributed by atoms with van der Waals surface area (Å²) in [5.74, 6) is 0.207. The third-order valence-corrected chi connectivity index (χ3v) is 7.06. The van der Waals surface area contributed by atoms with Crippen molar-refractivity contribution in [3.8, 4) is 16.9 Å². The van der Waals surface area contributed by atoms with Crippen molar-refractivity contribution in [1.82, 2.24) is 0 Å². The topological polar surface area (TPSA) is 18.5 Å². The number of rotatable bonds is 7. The molecule has 2 fully saturated rings. The zero-order valence-corrected chi connectivity index (χ0v) is 18.3. The van der Waals surface area contributed by atoms with Crippen molar-refractivity contribution in [2.45, 2.75) is 57.5 Å². The maximum atomic E-state index is 14.6. The van der Waals surface area contributed by atoms with E-state index in [-0.39, 0.29) is 17.9 Å². The Labute approximate surface area is 184 Å². The van der Waals surface area contributed by atoms with Gasteiger partial charge in [-0.3, -0.25) is 0 Å². The molecule has 0 N–H and O–H groups in total. The van der Waals surface area contributed by atoms with Gasteiger partial charge in [0.2, 0.25) is 5.82 Å². The molecule has 0 aliphatic heterocycles. The molecule has 2 aliphatic carbocycles. The summed E-state index contributed by atoms with van der Waals surface area (Å²) < 4.78 is 40.0. The van der Waals surface area contributed by atoms with Gasteiger partial charge in [-0.05, 0) is 86.5 Å². The Bertz CT molecular complexity index is 893. The van der Waals surface area contributed by atoms with Gasteiger partial charge in [0, 0.05) is 12.2 Å². The second kappa shape index (κ2) is 9.95. The first-order valence-corrected chi connectivity index (χ1v) is 11.5. The van der Waals surface area contributed by atoms with Gasteiger partial charge in [-0.25, -0.2) is 4.39 Å². The van der Waals surface area contributed by atoms with E-state index < -0.39 is 11.6 Å². The fourth-order valence-corrected chi connectivity index (χ4v) is 5.49. The van der Waals surface area contributed by atoms with E-state index in [1.165, 1.54) is 56.2 Å². The molecule has 4 atom stereocenters. The Morgan fingerprint density at radius 3 is 2.42 bits per heavy atom. The molecule has 4 heteroatoms. The summed E-state index contributed by atoms with van der Waals surface area (Å²) in [6.07, 6.45) is 9.27. The SMILES string of the molecule is C=CCOc1ccc(-c2ccc(C3CCC4CC(OCC)CCC4C3)cc2)c(F)c1F. The Morgan fingerprint density at radius 2 is 1.68 bits per heavy atom. The summed E-state index contributed by atoms with van der Waals surface area (Å²) >= 11 is 0. The minimum atomic E-state index is -0.954. The first kappa shape index (κ1) is 22.0. The van der Waals surface area contributed by atoms with E-state index in [9.17, 15) is 8.78 Å². The summed E-state index contributed by atoms with van der Waals surface area (Å²) in [6.45, 7) is 6.56. The van der Waals surface area contributed by atoms with Gasteiger partial charge in [0.25, 0.3) is 0 Å². The molecule has 2 saturated carbocycles. The molecule has 31 heavy (non-hydrogen) atoms. The van der Waals surface area contributed by atoms with Crippen LogP contribution in [0.4, 0.5) is 8.78 Å². The van der Waals surface area contributed by atoms with Gasteiger partial charge in [0.1, 0.15) is 6.61 Å². The molecule has 0 bridgehead atoms. The third kappa shape index (κ3) is 4.85. The van der Waals surface area contributed by atoms with E-state index in [4.69, 9.17) is 9.47 Å². The van der Waals surface area contributed by atoms with E-state index in [1.807, 2.05) is 12.1 Å². The lowest BCUT2D eigenvalue weighted by atomic mass is 9.65. The van der Waals surface area contributed by atoms with Crippen molar-refractivity contribution in [2.75, 3.05) is 13.2 Å². The van der Waals surface area contributed by atoms with Crippen molar-refractivity contribution in [2.24, 2.45) is 11.8 Å². The van der Waals surface area contributed by atoms with Gasteiger partial charge in [-0.15, -0.1) is 0 Å². The summed E-state index contributed by atoms with van der Waals surface area (Å²) in [7, 11) is 0. The van der Waals surface area contributed by atoms with Crippen LogP contribution >= 0.6 is 0 Å². The molecule has 2 aromatic rings. The normalized spacial score (nSPS) is 25.6. The Balaban J connectivity index is 1.43. The number of fused-ring (bicyclic) bond motifs is 1. The Kier molecular flexibility index (Phi) is 7.06. The van der Waals surface area contributed by atoms with Crippen LogP contribution in [0.15, 0.2) is 49.1 Å². The van der Waals surface area contributed by atoms with Crippen LogP contribution in [0, 0.1) is 23.5 Å². The second-order valence-electron chi connectivity index (χ2n) is 8.88. The summed E-state index contributed by atoms with van der Waals surface area (Å²) in [6, 6.07) is 11.1. The smallest absolute Gasteiger partial charge is 0.201 e. The lowest BCUT2D eigenvalue weighted by molar-refractivity contribution is -0.00955. The van der Waals surface area contributed by atoms with E-state index in [0.717, 1.165) is 18.4 Å². The molecule has 0 amide bonds. The Hall–Kier alpha value is -2.20. The quantitative estimate of drug-likeness (QED) is 0.433. The summed E-state index contributed by atoms with van der Waals surface area (Å²) in [5.41, 5.74) is 2.25. The molecule has 2 nitrogen and oxygen atoms in total. The van der Waals surface area contributed by atoms with Crippen molar-refractivity contribution in [3.63, 3.8) is 0 Å². The lowest BCUT2D eigenvalue weighted by Crippen LogP contribution is -2.33. The average Bonchev–Trinajstić information content (AvgIpc) is 2.80. The van der Waals surface area contributed by atoms with E-state index >= 15 is 0 Å². The summed E-state index contributed by atoms with van der Waals surface area (Å²) in [5, 5.41) is 0. The van der Waals surface area contributed by atoms with Crippen LogP contribution in [0.1, 0.15) is 56.9 Å². The number of ether oxygens (including phenoxy) is 2. The van der Waals surface area contributed by atoms with Crippen molar-refractivity contribution in [1.29, 1.82) is 0 Å². The zero-order chi connectivity index (χ0) is 21.8. The second-order valence-corrected chi connectivity index (χ2v) is 8.88. The van der Waals surface area contributed by atoms with Crippen molar-refractivity contribution in [3.05, 3.63) is 66.3 Å². The predicted molar refractivity (Wildman–Crippen MR) is 120 cm³/mol. The molecular formula is C27H32F2O2. The standard InChI is InChI=1S/C27H32F2O2/c1-3-15-31-25-14-13-24(26(28)27(25)29)19-7-5-18(6-8-19)20-9-10-22-17-23(30-4-2)12-11-21(22)16-20/h3,5-8,13-14,20-23H,1,4,9-12,15-17H2,2H3. The van der Waals surface area contributed by atoms with Crippen LogP contribution < -0.4 is 4.74 Å². The molecular weight excluding hydrogens is 394 g/mol. The predicted octanol–water partition coefficient (Wildman–Crippen LogP) is 7.29. The van der Waals surface area contributed by atoms with Crippen LogP contribution in [0.3, 0.4) is 0 Å². The zero-order valence-electron chi connectivity index (χ0n) is 18.3. The first-order chi connectivity index (χ1) is 15.1. The van der Waals surface area contributed by atoms with Crippen LogP contribution in [-0.4, -0.2) is 19.3 Å². The van der Waals surface area contributed by atoms with E-state index in [0.29, 0.717) is 17.6 Å². The summed E-state index contributed by atoms with van der Waals surface area (Å²) in [4.78, 5) is 0. The van der Waals surface area contributed by atoms with Gasteiger partial charge < -0.3 is 9.47 Å².